The number of halogens is 1. The van der Waals surface area contributed by atoms with Gasteiger partial charge in [-0.15, -0.1) is 0 Å². The number of nitrogens with zero attached hydrogens (tertiary/aromatic N) is 3. The molecule has 0 spiro atoms. The summed E-state index contributed by atoms with van der Waals surface area (Å²) in [5.74, 6) is 0.514. The number of benzene rings is 2. The third kappa shape index (κ3) is 5.68. The van der Waals surface area contributed by atoms with E-state index in [1.807, 2.05) is 0 Å². The van der Waals surface area contributed by atoms with Crippen molar-refractivity contribution in [2.75, 3.05) is 39.3 Å². The Kier molecular flexibility index (Phi) is 7.01. The van der Waals surface area contributed by atoms with Gasteiger partial charge in [0.2, 0.25) is 5.91 Å². The van der Waals surface area contributed by atoms with E-state index in [0.717, 1.165) is 69.7 Å². The van der Waals surface area contributed by atoms with Crippen LogP contribution in [0.15, 0.2) is 59.1 Å². The summed E-state index contributed by atoms with van der Waals surface area (Å²) in [6, 6.07) is 19.1. The number of hydrogen-bond donors (Lipinski definition) is 0. The highest BCUT2D eigenvalue weighted by molar-refractivity contribution is 9.10. The molecule has 154 valence electrons. The Bertz CT molecular complexity index is 805. The minimum absolute atomic E-state index is 0.150. The Morgan fingerprint density at radius 1 is 0.862 bits per heavy atom. The van der Waals surface area contributed by atoms with Crippen molar-refractivity contribution in [2.45, 2.75) is 25.9 Å². The molecule has 2 fully saturated rings. The molecule has 29 heavy (non-hydrogen) atoms. The van der Waals surface area contributed by atoms with E-state index in [4.69, 9.17) is 0 Å². The van der Waals surface area contributed by atoms with Crippen molar-refractivity contribution in [3.63, 3.8) is 0 Å². The van der Waals surface area contributed by atoms with E-state index in [1.54, 1.807) is 0 Å². The average Bonchev–Trinajstić information content (AvgIpc) is 2.75. The Labute approximate surface area is 182 Å². The Morgan fingerprint density at radius 3 is 2.34 bits per heavy atom. The van der Waals surface area contributed by atoms with Crippen LogP contribution in [0, 0.1) is 5.92 Å². The number of piperidine rings is 1. The van der Waals surface area contributed by atoms with Gasteiger partial charge in [-0.05, 0) is 42.6 Å². The van der Waals surface area contributed by atoms with Gasteiger partial charge in [0.25, 0.3) is 0 Å². The van der Waals surface area contributed by atoms with E-state index in [9.17, 15) is 4.79 Å². The first-order valence-corrected chi connectivity index (χ1v) is 11.5. The summed E-state index contributed by atoms with van der Waals surface area (Å²) in [5.41, 5.74) is 2.66. The number of rotatable bonds is 5. The zero-order chi connectivity index (χ0) is 20.1. The van der Waals surface area contributed by atoms with E-state index in [1.165, 1.54) is 11.1 Å². The SMILES string of the molecule is O=C(C1CCCN(Cc2cccc(Br)c2)C1)N1CCN(Cc2ccccc2)CC1. The molecular formula is C24H30BrN3O. The molecule has 2 aromatic rings. The van der Waals surface area contributed by atoms with Crippen LogP contribution < -0.4 is 0 Å². The van der Waals surface area contributed by atoms with Crippen LogP contribution in [0.25, 0.3) is 0 Å². The molecule has 5 heteroatoms. The molecule has 2 aromatic carbocycles. The number of carbonyl (C=O) groups excluding carboxylic acids is 1. The minimum atomic E-state index is 0.150. The van der Waals surface area contributed by atoms with E-state index in [2.05, 4.69) is 85.2 Å². The largest absolute Gasteiger partial charge is 0.340 e. The van der Waals surface area contributed by atoms with Crippen molar-refractivity contribution in [3.8, 4) is 0 Å². The van der Waals surface area contributed by atoms with Crippen LogP contribution in [0.3, 0.4) is 0 Å². The van der Waals surface area contributed by atoms with Crippen molar-refractivity contribution >= 4 is 21.8 Å². The van der Waals surface area contributed by atoms with Gasteiger partial charge in [0, 0.05) is 50.3 Å². The van der Waals surface area contributed by atoms with Crippen molar-refractivity contribution in [1.82, 2.24) is 14.7 Å². The van der Waals surface area contributed by atoms with Gasteiger partial charge < -0.3 is 4.90 Å². The number of piperazine rings is 1. The van der Waals surface area contributed by atoms with Crippen LogP contribution in [-0.2, 0) is 17.9 Å². The fraction of sp³-hybridized carbons (Fsp3) is 0.458. The van der Waals surface area contributed by atoms with Crippen LogP contribution in [0.2, 0.25) is 0 Å². The lowest BCUT2D eigenvalue weighted by molar-refractivity contribution is -0.139. The van der Waals surface area contributed by atoms with Gasteiger partial charge in [-0.1, -0.05) is 58.4 Å². The molecule has 1 unspecified atom stereocenters. The molecule has 0 bridgehead atoms. The molecule has 4 nitrogen and oxygen atoms in total. The van der Waals surface area contributed by atoms with Crippen LogP contribution in [0.1, 0.15) is 24.0 Å². The van der Waals surface area contributed by atoms with Gasteiger partial charge in [-0.25, -0.2) is 0 Å². The standard InChI is InChI=1S/C24H30BrN3O/c25-23-10-4-8-21(16-23)18-27-11-5-9-22(19-27)24(29)28-14-12-26(13-15-28)17-20-6-2-1-3-7-20/h1-4,6-8,10,16,22H,5,9,11-15,17-19H2. The molecule has 2 heterocycles. The van der Waals surface area contributed by atoms with E-state index < -0.39 is 0 Å². The molecule has 1 atom stereocenters. The van der Waals surface area contributed by atoms with Crippen molar-refractivity contribution < 1.29 is 4.79 Å². The number of likely N-dealkylation sites (tertiary alicyclic amines) is 1. The predicted molar refractivity (Wildman–Crippen MR) is 120 cm³/mol. The lowest BCUT2D eigenvalue weighted by Crippen LogP contribution is -2.52. The predicted octanol–water partition coefficient (Wildman–Crippen LogP) is 4.01. The third-order valence-electron chi connectivity index (χ3n) is 6.08. The van der Waals surface area contributed by atoms with Gasteiger partial charge in [0.15, 0.2) is 0 Å². The summed E-state index contributed by atoms with van der Waals surface area (Å²) in [7, 11) is 0. The molecule has 1 amide bonds. The van der Waals surface area contributed by atoms with Gasteiger partial charge in [-0.2, -0.15) is 0 Å². The number of amides is 1. The monoisotopic (exact) mass is 455 g/mol. The summed E-state index contributed by atoms with van der Waals surface area (Å²) in [4.78, 5) is 20.2. The molecule has 2 aliphatic rings. The maximum Gasteiger partial charge on any atom is 0.227 e. The van der Waals surface area contributed by atoms with Gasteiger partial charge in [0.05, 0.1) is 5.92 Å². The second-order valence-corrected chi connectivity index (χ2v) is 9.21. The first-order chi connectivity index (χ1) is 14.2. The molecular weight excluding hydrogens is 426 g/mol. The van der Waals surface area contributed by atoms with E-state index in [-0.39, 0.29) is 5.92 Å². The van der Waals surface area contributed by atoms with Crippen LogP contribution in [0.5, 0.6) is 0 Å². The first-order valence-electron chi connectivity index (χ1n) is 10.7. The molecule has 0 radical (unpaired) electrons. The quantitative estimate of drug-likeness (QED) is 0.681. The first kappa shape index (κ1) is 20.6. The summed E-state index contributed by atoms with van der Waals surface area (Å²) in [6.07, 6.45) is 2.14. The Balaban J connectivity index is 1.27. The molecule has 0 aromatic heterocycles. The lowest BCUT2D eigenvalue weighted by Gasteiger charge is -2.39. The highest BCUT2D eigenvalue weighted by atomic mass is 79.9. The molecule has 2 aliphatic heterocycles. The van der Waals surface area contributed by atoms with Gasteiger partial charge >= 0.3 is 0 Å². The fourth-order valence-corrected chi connectivity index (χ4v) is 4.97. The van der Waals surface area contributed by atoms with Crippen LogP contribution in [0.4, 0.5) is 0 Å². The Hall–Kier alpha value is -1.69. The van der Waals surface area contributed by atoms with E-state index in [0.29, 0.717) is 5.91 Å². The zero-order valence-electron chi connectivity index (χ0n) is 17.0. The highest BCUT2D eigenvalue weighted by Crippen LogP contribution is 2.22. The summed E-state index contributed by atoms with van der Waals surface area (Å²) in [5, 5.41) is 0. The molecule has 2 saturated heterocycles. The second kappa shape index (κ2) is 9.88. The number of hydrogen-bond acceptors (Lipinski definition) is 3. The van der Waals surface area contributed by atoms with Gasteiger partial charge in [-0.3, -0.25) is 14.6 Å². The molecule has 0 aliphatic carbocycles. The average molecular weight is 456 g/mol. The normalized spacial score (nSPS) is 21.3. The third-order valence-corrected chi connectivity index (χ3v) is 6.58. The zero-order valence-corrected chi connectivity index (χ0v) is 18.6. The Morgan fingerprint density at radius 2 is 1.59 bits per heavy atom. The van der Waals surface area contributed by atoms with Crippen molar-refractivity contribution in [1.29, 1.82) is 0 Å². The maximum absolute atomic E-state index is 13.1. The minimum Gasteiger partial charge on any atom is -0.340 e. The summed E-state index contributed by atoms with van der Waals surface area (Å²) in [6.45, 7) is 7.52. The summed E-state index contributed by atoms with van der Waals surface area (Å²) >= 11 is 3.56. The lowest BCUT2D eigenvalue weighted by atomic mass is 9.95. The van der Waals surface area contributed by atoms with E-state index >= 15 is 0 Å². The molecule has 0 saturated carbocycles. The number of carbonyl (C=O) groups is 1. The highest BCUT2D eigenvalue weighted by Gasteiger charge is 2.31. The van der Waals surface area contributed by atoms with Crippen molar-refractivity contribution in [2.24, 2.45) is 5.92 Å². The molecule has 0 N–H and O–H groups in total. The molecule has 4 rings (SSSR count). The summed E-state index contributed by atoms with van der Waals surface area (Å²) < 4.78 is 1.12. The smallest absolute Gasteiger partial charge is 0.227 e. The maximum atomic E-state index is 13.1. The second-order valence-electron chi connectivity index (χ2n) is 8.29. The topological polar surface area (TPSA) is 26.8 Å². The van der Waals surface area contributed by atoms with Crippen LogP contribution in [-0.4, -0.2) is 59.9 Å². The van der Waals surface area contributed by atoms with Crippen molar-refractivity contribution in [3.05, 3.63) is 70.2 Å². The fourth-order valence-electron chi connectivity index (χ4n) is 4.52. The van der Waals surface area contributed by atoms with Gasteiger partial charge in [0.1, 0.15) is 0 Å². The van der Waals surface area contributed by atoms with Crippen LogP contribution >= 0.6 is 15.9 Å².